The second kappa shape index (κ2) is 4.85. The van der Waals surface area contributed by atoms with Crippen LogP contribution < -0.4 is 0 Å². The molecule has 2 heterocycles. The van der Waals surface area contributed by atoms with E-state index in [1.54, 1.807) is 4.31 Å². The Morgan fingerprint density at radius 2 is 1.47 bits per heavy atom. The Bertz CT molecular complexity index is 449. The molecule has 2 aliphatic heterocycles. The Kier molecular flexibility index (Phi) is 3.80. The SMILES string of the molecule is O=S1(=O)CCC(S(=O)(=O)N2CCCCC2)CC1. The second-order valence-corrected chi connectivity index (χ2v) is 9.37. The summed E-state index contributed by atoms with van der Waals surface area (Å²) < 4.78 is 48.7. The Hall–Kier alpha value is -0.140. The Morgan fingerprint density at radius 3 is 2.00 bits per heavy atom. The molecule has 2 saturated heterocycles. The standard InChI is InChI=1S/C10H19NO4S2/c12-16(13)8-4-10(5-9-16)17(14,15)11-6-2-1-3-7-11/h10H,1-9H2. The topological polar surface area (TPSA) is 71.5 Å². The van der Waals surface area contributed by atoms with Crippen LogP contribution in [0.2, 0.25) is 0 Å². The third-order valence-corrected chi connectivity index (χ3v) is 7.71. The predicted octanol–water partition coefficient (Wildman–Crippen LogP) is 0.379. The van der Waals surface area contributed by atoms with Gasteiger partial charge >= 0.3 is 0 Å². The quantitative estimate of drug-likeness (QED) is 0.733. The summed E-state index contributed by atoms with van der Waals surface area (Å²) >= 11 is 0. The maximum Gasteiger partial charge on any atom is 0.217 e. The van der Waals surface area contributed by atoms with E-state index in [1.165, 1.54) is 0 Å². The minimum Gasteiger partial charge on any atom is -0.229 e. The van der Waals surface area contributed by atoms with Crippen LogP contribution in [0.4, 0.5) is 0 Å². The highest BCUT2D eigenvalue weighted by atomic mass is 32.2. The molecule has 0 radical (unpaired) electrons. The summed E-state index contributed by atoms with van der Waals surface area (Å²) in [6.07, 6.45) is 3.46. The predicted molar refractivity (Wildman–Crippen MR) is 66.0 cm³/mol. The van der Waals surface area contributed by atoms with Gasteiger partial charge in [0.2, 0.25) is 10.0 Å². The molecule has 100 valence electrons. The van der Waals surface area contributed by atoms with E-state index in [-0.39, 0.29) is 24.3 Å². The Morgan fingerprint density at radius 1 is 0.941 bits per heavy atom. The first-order chi connectivity index (χ1) is 7.92. The molecule has 0 unspecified atom stereocenters. The number of hydrogen-bond donors (Lipinski definition) is 0. The van der Waals surface area contributed by atoms with Crippen LogP contribution in [0, 0.1) is 0 Å². The highest BCUT2D eigenvalue weighted by Crippen LogP contribution is 2.24. The maximum absolute atomic E-state index is 12.3. The summed E-state index contributed by atoms with van der Waals surface area (Å²) in [5.41, 5.74) is 0. The molecular formula is C10H19NO4S2. The van der Waals surface area contributed by atoms with Gasteiger partial charge in [0, 0.05) is 13.1 Å². The van der Waals surface area contributed by atoms with Gasteiger partial charge in [-0.3, -0.25) is 0 Å². The van der Waals surface area contributed by atoms with Crippen LogP contribution in [0.1, 0.15) is 32.1 Å². The minimum atomic E-state index is -3.27. The van der Waals surface area contributed by atoms with Crippen molar-refractivity contribution in [2.45, 2.75) is 37.4 Å². The number of nitrogens with zero attached hydrogens (tertiary/aromatic N) is 1. The minimum absolute atomic E-state index is 0.0186. The van der Waals surface area contributed by atoms with Crippen molar-refractivity contribution in [2.24, 2.45) is 0 Å². The first-order valence-corrected chi connectivity index (χ1v) is 9.44. The third-order valence-electron chi connectivity index (χ3n) is 3.60. The van der Waals surface area contributed by atoms with Gasteiger partial charge in [0.1, 0.15) is 9.84 Å². The van der Waals surface area contributed by atoms with E-state index in [2.05, 4.69) is 0 Å². The highest BCUT2D eigenvalue weighted by Gasteiger charge is 2.36. The van der Waals surface area contributed by atoms with E-state index in [0.29, 0.717) is 13.1 Å². The fourth-order valence-corrected chi connectivity index (χ4v) is 6.31. The van der Waals surface area contributed by atoms with Crippen molar-refractivity contribution in [3.05, 3.63) is 0 Å². The molecule has 0 aromatic rings. The van der Waals surface area contributed by atoms with Gasteiger partial charge in [-0.05, 0) is 25.7 Å². The van der Waals surface area contributed by atoms with Gasteiger partial charge in [-0.15, -0.1) is 0 Å². The molecule has 0 saturated carbocycles. The first-order valence-electron chi connectivity index (χ1n) is 6.11. The van der Waals surface area contributed by atoms with E-state index in [0.717, 1.165) is 19.3 Å². The Labute approximate surface area is 103 Å². The van der Waals surface area contributed by atoms with Crippen LogP contribution in [0.25, 0.3) is 0 Å². The molecule has 0 aliphatic carbocycles. The van der Waals surface area contributed by atoms with Crippen molar-refractivity contribution in [3.8, 4) is 0 Å². The van der Waals surface area contributed by atoms with Gasteiger partial charge in [0.15, 0.2) is 0 Å². The van der Waals surface area contributed by atoms with Crippen molar-refractivity contribution in [1.29, 1.82) is 0 Å². The molecule has 0 atom stereocenters. The van der Waals surface area contributed by atoms with Crippen LogP contribution in [0.5, 0.6) is 0 Å². The molecular weight excluding hydrogens is 262 g/mol. The number of sulfone groups is 1. The molecule has 0 aromatic heterocycles. The fourth-order valence-electron chi connectivity index (χ4n) is 2.50. The van der Waals surface area contributed by atoms with Crippen molar-refractivity contribution in [3.63, 3.8) is 0 Å². The number of rotatable bonds is 2. The lowest BCUT2D eigenvalue weighted by Crippen LogP contribution is -2.44. The maximum atomic E-state index is 12.3. The fraction of sp³-hybridized carbons (Fsp3) is 1.00. The van der Waals surface area contributed by atoms with Crippen LogP contribution >= 0.6 is 0 Å². The summed E-state index contributed by atoms with van der Waals surface area (Å²) in [4.78, 5) is 0. The molecule has 2 aliphatic rings. The van der Waals surface area contributed by atoms with Crippen LogP contribution in [-0.2, 0) is 19.9 Å². The molecule has 0 N–H and O–H groups in total. The average molecular weight is 281 g/mol. The molecule has 0 aromatic carbocycles. The largest absolute Gasteiger partial charge is 0.229 e. The summed E-state index contributed by atoms with van der Waals surface area (Å²) in [5.74, 6) is 0.0372. The van der Waals surface area contributed by atoms with Crippen molar-refractivity contribution in [1.82, 2.24) is 4.31 Å². The van der Waals surface area contributed by atoms with E-state index in [9.17, 15) is 16.8 Å². The van der Waals surface area contributed by atoms with Crippen LogP contribution in [-0.4, -0.2) is 51.0 Å². The van der Waals surface area contributed by atoms with Gasteiger partial charge < -0.3 is 0 Å². The molecule has 0 amide bonds. The number of piperidine rings is 1. The summed E-state index contributed by atoms with van der Waals surface area (Å²) in [7, 11) is -6.26. The van der Waals surface area contributed by atoms with Crippen molar-refractivity contribution in [2.75, 3.05) is 24.6 Å². The molecule has 2 fully saturated rings. The zero-order valence-electron chi connectivity index (χ0n) is 9.84. The summed E-state index contributed by atoms with van der Waals surface area (Å²) in [5, 5.41) is -0.482. The number of hydrogen-bond acceptors (Lipinski definition) is 4. The number of sulfonamides is 1. The average Bonchev–Trinajstić information content (AvgIpc) is 2.29. The molecule has 0 spiro atoms. The zero-order chi connectivity index (χ0) is 12.5. The smallest absolute Gasteiger partial charge is 0.217 e. The molecule has 17 heavy (non-hydrogen) atoms. The summed E-state index contributed by atoms with van der Waals surface area (Å²) in [6, 6.07) is 0. The van der Waals surface area contributed by atoms with Crippen LogP contribution in [0.15, 0.2) is 0 Å². The highest BCUT2D eigenvalue weighted by molar-refractivity contribution is 7.92. The van der Waals surface area contributed by atoms with Gasteiger partial charge in [-0.2, -0.15) is 0 Å². The van der Waals surface area contributed by atoms with Gasteiger partial charge in [0.05, 0.1) is 16.8 Å². The molecule has 2 rings (SSSR count). The van der Waals surface area contributed by atoms with E-state index >= 15 is 0 Å². The van der Waals surface area contributed by atoms with Crippen molar-refractivity contribution >= 4 is 19.9 Å². The van der Waals surface area contributed by atoms with Gasteiger partial charge in [0.25, 0.3) is 0 Å². The summed E-state index contributed by atoms with van der Waals surface area (Å²) in [6.45, 7) is 1.21. The zero-order valence-corrected chi connectivity index (χ0v) is 11.5. The second-order valence-electron chi connectivity index (χ2n) is 4.86. The molecule has 0 bridgehead atoms. The van der Waals surface area contributed by atoms with Gasteiger partial charge in [-0.25, -0.2) is 21.1 Å². The van der Waals surface area contributed by atoms with Gasteiger partial charge in [-0.1, -0.05) is 6.42 Å². The van der Waals surface area contributed by atoms with E-state index in [4.69, 9.17) is 0 Å². The molecule has 5 nitrogen and oxygen atoms in total. The monoisotopic (exact) mass is 281 g/mol. The molecule has 7 heteroatoms. The normalized spacial score (nSPS) is 28.0. The lowest BCUT2D eigenvalue weighted by Gasteiger charge is -2.31. The first kappa shape index (κ1) is 13.3. The van der Waals surface area contributed by atoms with Crippen LogP contribution in [0.3, 0.4) is 0 Å². The van der Waals surface area contributed by atoms with Crippen molar-refractivity contribution < 1.29 is 16.8 Å². The van der Waals surface area contributed by atoms with E-state index in [1.807, 2.05) is 0 Å². The third kappa shape index (κ3) is 3.00. The van der Waals surface area contributed by atoms with E-state index < -0.39 is 25.1 Å². The lowest BCUT2D eigenvalue weighted by atomic mass is 10.2. The Balaban J connectivity index is 2.06. The lowest BCUT2D eigenvalue weighted by molar-refractivity contribution is 0.340.